The van der Waals surface area contributed by atoms with Gasteiger partial charge in [-0.2, -0.15) is 0 Å². The molecular weight excluding hydrogens is 496 g/mol. The van der Waals surface area contributed by atoms with E-state index in [1.165, 1.54) is 30.3 Å². The number of carbonyl (C=O) groups is 2. The third kappa shape index (κ3) is 6.31. The number of nitrogens with zero attached hydrogens (tertiary/aromatic N) is 3. The molecule has 0 atom stereocenters. The van der Waals surface area contributed by atoms with Gasteiger partial charge in [-0.25, -0.2) is 8.42 Å². The van der Waals surface area contributed by atoms with Crippen molar-refractivity contribution in [2.45, 2.75) is 30.8 Å². The van der Waals surface area contributed by atoms with E-state index in [2.05, 4.69) is 5.32 Å². The zero-order chi connectivity index (χ0) is 26.4. The van der Waals surface area contributed by atoms with Gasteiger partial charge in [-0.05, 0) is 35.7 Å². The minimum atomic E-state index is -4.19. The number of amides is 2. The number of carbonyl (C=O) groups excluding carboxylic acids is 2. The second-order valence-corrected chi connectivity index (χ2v) is 10.5. The molecule has 3 aromatic rings. The lowest BCUT2D eigenvalue weighted by Crippen LogP contribution is -2.40. The molecule has 0 saturated carbocycles. The molecule has 0 aromatic heterocycles. The molecule has 1 N–H and O–H groups in total. The van der Waals surface area contributed by atoms with Gasteiger partial charge >= 0.3 is 0 Å². The smallest absolute Gasteiger partial charge is 0.271 e. The van der Waals surface area contributed by atoms with Crippen LogP contribution in [0.2, 0.25) is 0 Å². The summed E-state index contributed by atoms with van der Waals surface area (Å²) < 4.78 is 27.7. The van der Waals surface area contributed by atoms with E-state index < -0.39 is 27.4 Å². The molecule has 2 amide bonds. The summed E-state index contributed by atoms with van der Waals surface area (Å²) in [5.74, 6) is -0.453. The Morgan fingerprint density at radius 2 is 1.73 bits per heavy atom. The average Bonchev–Trinajstić information content (AvgIpc) is 3.30. The van der Waals surface area contributed by atoms with Gasteiger partial charge in [0.25, 0.3) is 15.7 Å². The first kappa shape index (κ1) is 25.8. The molecular formula is C26H26N4O6S. The number of hydrogen-bond acceptors (Lipinski definition) is 6. The van der Waals surface area contributed by atoms with Crippen molar-refractivity contribution in [3.8, 4) is 0 Å². The molecule has 0 radical (unpaired) electrons. The summed E-state index contributed by atoms with van der Waals surface area (Å²) in [4.78, 5) is 37.2. The molecule has 1 fully saturated rings. The van der Waals surface area contributed by atoms with Crippen LogP contribution >= 0.6 is 0 Å². The molecule has 0 bridgehead atoms. The van der Waals surface area contributed by atoms with Crippen molar-refractivity contribution in [2.24, 2.45) is 0 Å². The van der Waals surface area contributed by atoms with E-state index >= 15 is 0 Å². The van der Waals surface area contributed by atoms with Gasteiger partial charge in [0.1, 0.15) is 6.54 Å². The summed E-state index contributed by atoms with van der Waals surface area (Å²) in [6.45, 7) is 0.800. The largest absolute Gasteiger partial charge is 0.350 e. The molecule has 10 nitrogen and oxygen atoms in total. The monoisotopic (exact) mass is 522 g/mol. The van der Waals surface area contributed by atoms with Crippen LogP contribution in [0.15, 0.2) is 83.8 Å². The third-order valence-corrected chi connectivity index (χ3v) is 7.76. The van der Waals surface area contributed by atoms with Crippen LogP contribution in [0.3, 0.4) is 0 Å². The molecule has 0 unspecified atom stereocenters. The number of likely N-dealkylation sites (tertiary alicyclic amines) is 1. The maximum absolute atomic E-state index is 13.4. The summed E-state index contributed by atoms with van der Waals surface area (Å²) in [6, 6.07) is 20.2. The van der Waals surface area contributed by atoms with Crippen molar-refractivity contribution >= 4 is 33.2 Å². The number of benzene rings is 3. The van der Waals surface area contributed by atoms with E-state index in [1.54, 1.807) is 23.1 Å². The molecule has 0 aliphatic carbocycles. The van der Waals surface area contributed by atoms with Crippen LogP contribution in [0.4, 0.5) is 11.4 Å². The van der Waals surface area contributed by atoms with Gasteiger partial charge in [-0.3, -0.25) is 24.0 Å². The van der Waals surface area contributed by atoms with Crippen LogP contribution < -0.4 is 9.62 Å². The molecule has 11 heteroatoms. The van der Waals surface area contributed by atoms with Gasteiger partial charge in [0.2, 0.25) is 11.8 Å². The maximum Gasteiger partial charge on any atom is 0.271 e. The van der Waals surface area contributed by atoms with Gasteiger partial charge in [0, 0.05) is 38.2 Å². The summed E-state index contributed by atoms with van der Waals surface area (Å²) >= 11 is 0. The normalized spacial score (nSPS) is 13.4. The number of rotatable bonds is 10. The van der Waals surface area contributed by atoms with E-state index in [9.17, 15) is 28.1 Å². The SMILES string of the molecule is O=C(CN(c1cccc([N+](=O)[O-])c1)S(=O)(=O)c1ccccc1)NCc1cccc(CN2CCCC2=O)c1. The molecule has 1 saturated heterocycles. The Balaban J connectivity index is 1.51. The first-order chi connectivity index (χ1) is 17.7. The number of non-ortho nitro benzene ring substituents is 1. The molecule has 1 heterocycles. The van der Waals surface area contributed by atoms with Crippen LogP contribution in [0, 0.1) is 10.1 Å². The summed E-state index contributed by atoms with van der Waals surface area (Å²) in [5, 5.41) is 14.0. The fourth-order valence-corrected chi connectivity index (χ4v) is 5.55. The number of nitro benzene ring substituents is 1. The zero-order valence-corrected chi connectivity index (χ0v) is 20.8. The topological polar surface area (TPSA) is 130 Å². The quantitative estimate of drug-likeness (QED) is 0.321. The van der Waals surface area contributed by atoms with Crippen LogP contribution in [-0.4, -0.2) is 43.1 Å². The van der Waals surface area contributed by atoms with Crippen molar-refractivity contribution in [2.75, 3.05) is 17.4 Å². The minimum absolute atomic E-state index is 0.00507. The number of anilines is 1. The first-order valence-electron chi connectivity index (χ1n) is 11.7. The summed E-state index contributed by atoms with van der Waals surface area (Å²) in [6.07, 6.45) is 1.41. The Morgan fingerprint density at radius 3 is 2.43 bits per heavy atom. The fourth-order valence-electron chi connectivity index (χ4n) is 4.11. The van der Waals surface area contributed by atoms with Gasteiger partial charge in [-0.1, -0.05) is 48.5 Å². The Bertz CT molecular complexity index is 1410. The van der Waals surface area contributed by atoms with E-state index in [0.29, 0.717) is 13.0 Å². The van der Waals surface area contributed by atoms with Crippen LogP contribution in [0.25, 0.3) is 0 Å². The number of hydrogen-bond donors (Lipinski definition) is 1. The predicted molar refractivity (Wildman–Crippen MR) is 137 cm³/mol. The van der Waals surface area contributed by atoms with Gasteiger partial charge in [-0.15, -0.1) is 0 Å². The fraction of sp³-hybridized carbons (Fsp3) is 0.231. The van der Waals surface area contributed by atoms with Crippen molar-refractivity contribution < 1.29 is 22.9 Å². The predicted octanol–water partition coefficient (Wildman–Crippen LogP) is 3.23. The van der Waals surface area contributed by atoms with Crippen LogP contribution in [0.5, 0.6) is 0 Å². The highest BCUT2D eigenvalue weighted by Crippen LogP contribution is 2.27. The molecule has 3 aromatic carbocycles. The molecule has 4 rings (SSSR count). The van der Waals surface area contributed by atoms with Gasteiger partial charge in [0.15, 0.2) is 0 Å². The molecule has 0 spiro atoms. The van der Waals surface area contributed by atoms with Crippen molar-refractivity contribution in [1.29, 1.82) is 0 Å². The number of nitrogens with one attached hydrogen (secondary N) is 1. The summed E-state index contributed by atoms with van der Waals surface area (Å²) in [5.41, 5.74) is 1.45. The van der Waals surface area contributed by atoms with Gasteiger partial charge in [0.05, 0.1) is 15.5 Å². The Morgan fingerprint density at radius 1 is 1.00 bits per heavy atom. The maximum atomic E-state index is 13.4. The van der Waals surface area contributed by atoms with Crippen molar-refractivity contribution in [1.82, 2.24) is 10.2 Å². The lowest BCUT2D eigenvalue weighted by Gasteiger charge is -2.24. The Kier molecular flexibility index (Phi) is 7.83. The van der Waals surface area contributed by atoms with E-state index in [4.69, 9.17) is 0 Å². The zero-order valence-electron chi connectivity index (χ0n) is 19.9. The first-order valence-corrected chi connectivity index (χ1v) is 13.1. The van der Waals surface area contributed by atoms with E-state index in [-0.39, 0.29) is 28.7 Å². The second-order valence-electron chi connectivity index (χ2n) is 8.62. The minimum Gasteiger partial charge on any atom is -0.350 e. The Hall–Kier alpha value is -4.25. The molecule has 37 heavy (non-hydrogen) atoms. The molecule has 192 valence electrons. The van der Waals surface area contributed by atoms with Crippen molar-refractivity contribution in [3.05, 3.63) is 100 Å². The molecule has 1 aliphatic heterocycles. The van der Waals surface area contributed by atoms with Crippen molar-refractivity contribution in [3.63, 3.8) is 0 Å². The van der Waals surface area contributed by atoms with Crippen LogP contribution in [0.1, 0.15) is 24.0 Å². The Labute approximate surface area is 214 Å². The lowest BCUT2D eigenvalue weighted by atomic mass is 10.1. The summed E-state index contributed by atoms with van der Waals surface area (Å²) in [7, 11) is -4.19. The highest BCUT2D eigenvalue weighted by Gasteiger charge is 2.28. The standard InChI is InChI=1S/C26H26N4O6S/c31-25(27-17-20-7-4-8-21(15-20)18-28-14-6-13-26(28)32)19-29(22-9-5-10-23(16-22)30(33)34)37(35,36)24-11-2-1-3-12-24/h1-5,7-12,15-16H,6,13-14,17-19H2,(H,27,31). The second kappa shape index (κ2) is 11.2. The average molecular weight is 523 g/mol. The van der Waals surface area contributed by atoms with Gasteiger partial charge < -0.3 is 10.2 Å². The number of nitro groups is 1. The molecule has 1 aliphatic rings. The lowest BCUT2D eigenvalue weighted by molar-refractivity contribution is -0.384. The van der Waals surface area contributed by atoms with E-state index in [0.717, 1.165) is 34.5 Å². The highest BCUT2D eigenvalue weighted by atomic mass is 32.2. The third-order valence-electron chi connectivity index (χ3n) is 5.97. The highest BCUT2D eigenvalue weighted by molar-refractivity contribution is 7.92. The number of sulfonamides is 1. The van der Waals surface area contributed by atoms with Crippen LogP contribution in [-0.2, 0) is 32.7 Å². The van der Waals surface area contributed by atoms with E-state index in [1.807, 2.05) is 24.3 Å².